The first kappa shape index (κ1) is 21.9. The molecule has 0 aromatic heterocycles. The van der Waals surface area contributed by atoms with Gasteiger partial charge in [-0.2, -0.15) is 0 Å². The van der Waals surface area contributed by atoms with Gasteiger partial charge in [0.15, 0.2) is 11.5 Å². The van der Waals surface area contributed by atoms with Crippen molar-refractivity contribution in [2.45, 2.75) is 44.1 Å². The Morgan fingerprint density at radius 3 is 2.15 bits per heavy atom. The third kappa shape index (κ3) is 4.21. The number of carbonyl (C=O) groups is 1. The Labute approximate surface area is 190 Å². The van der Waals surface area contributed by atoms with Crippen LogP contribution in [0, 0.1) is 23.7 Å². The Kier molecular flexibility index (Phi) is 5.38. The molecule has 33 heavy (non-hydrogen) atoms. The van der Waals surface area contributed by atoms with Gasteiger partial charge in [-0.25, -0.2) is 4.79 Å². The third-order valence-electron chi connectivity index (χ3n) is 7.38. The molecular formula is C26H25F3O4. The second-order valence-corrected chi connectivity index (χ2v) is 9.38. The molecule has 0 amide bonds. The van der Waals surface area contributed by atoms with Crippen LogP contribution in [0.3, 0.4) is 0 Å². The van der Waals surface area contributed by atoms with Crippen molar-refractivity contribution in [1.29, 1.82) is 0 Å². The molecule has 0 radical (unpaired) electrons. The number of ether oxygens (including phenoxy) is 3. The minimum absolute atomic E-state index is 0.0754. The fourth-order valence-electron chi connectivity index (χ4n) is 6.23. The molecular weight excluding hydrogens is 433 g/mol. The van der Waals surface area contributed by atoms with E-state index in [-0.39, 0.29) is 23.1 Å². The number of halogens is 3. The molecule has 0 saturated heterocycles. The highest BCUT2D eigenvalue weighted by atomic mass is 19.4. The Morgan fingerprint density at radius 2 is 1.58 bits per heavy atom. The van der Waals surface area contributed by atoms with Gasteiger partial charge in [-0.05, 0) is 80.3 Å². The molecule has 7 heteroatoms. The lowest BCUT2D eigenvalue weighted by Gasteiger charge is -2.59. The molecule has 4 nitrogen and oxygen atoms in total. The highest BCUT2D eigenvalue weighted by molar-refractivity contribution is 5.91. The normalized spacial score (nSPS) is 30.0. The standard InChI is InChI=1S/C26H25F3O4/c1-2-25(19-11-16-10-17(13-19)14-20(25)12-16)32-23-15-18(8-9-22(23)33-26(27,28)29)24(30)31-21-6-4-3-5-7-21/h2-9,15-17,19-20H,1,10-14H2. The average molecular weight is 458 g/mol. The topological polar surface area (TPSA) is 44.8 Å². The van der Waals surface area contributed by atoms with Crippen LogP contribution in [0.25, 0.3) is 0 Å². The summed E-state index contributed by atoms with van der Waals surface area (Å²) in [6.45, 7) is 4.01. The lowest BCUT2D eigenvalue weighted by Crippen LogP contribution is -2.59. The fourth-order valence-corrected chi connectivity index (χ4v) is 6.23. The van der Waals surface area contributed by atoms with Crippen molar-refractivity contribution in [3.63, 3.8) is 0 Å². The molecule has 4 aliphatic carbocycles. The van der Waals surface area contributed by atoms with E-state index in [0.29, 0.717) is 17.6 Å². The van der Waals surface area contributed by atoms with Crippen LogP contribution >= 0.6 is 0 Å². The Bertz CT molecular complexity index is 1020. The van der Waals surface area contributed by atoms with E-state index in [4.69, 9.17) is 9.47 Å². The van der Waals surface area contributed by atoms with Crippen molar-refractivity contribution < 1.29 is 32.2 Å². The number of rotatable bonds is 6. The van der Waals surface area contributed by atoms with Gasteiger partial charge in [0, 0.05) is 11.8 Å². The maximum atomic E-state index is 13.1. The monoisotopic (exact) mass is 458 g/mol. The van der Waals surface area contributed by atoms with E-state index in [9.17, 15) is 18.0 Å². The number of para-hydroxylation sites is 1. The fraction of sp³-hybridized carbons (Fsp3) is 0.423. The van der Waals surface area contributed by atoms with Gasteiger partial charge < -0.3 is 14.2 Å². The Hall–Kier alpha value is -2.96. The Morgan fingerprint density at radius 1 is 0.939 bits per heavy atom. The third-order valence-corrected chi connectivity index (χ3v) is 7.38. The van der Waals surface area contributed by atoms with E-state index in [2.05, 4.69) is 11.3 Å². The number of carbonyl (C=O) groups excluding carboxylic acids is 1. The van der Waals surface area contributed by atoms with Crippen LogP contribution in [-0.4, -0.2) is 17.9 Å². The summed E-state index contributed by atoms with van der Waals surface area (Å²) < 4.78 is 55.4. The highest BCUT2D eigenvalue weighted by Crippen LogP contribution is 2.60. The zero-order valence-electron chi connectivity index (χ0n) is 18.0. The molecule has 0 heterocycles. The number of alkyl halides is 3. The van der Waals surface area contributed by atoms with Crippen molar-refractivity contribution in [3.05, 3.63) is 66.7 Å². The van der Waals surface area contributed by atoms with E-state index in [1.54, 1.807) is 36.4 Å². The van der Waals surface area contributed by atoms with Crippen molar-refractivity contribution in [3.8, 4) is 17.2 Å². The molecule has 0 atom stereocenters. The van der Waals surface area contributed by atoms with Crippen molar-refractivity contribution in [2.75, 3.05) is 0 Å². The molecule has 174 valence electrons. The summed E-state index contributed by atoms with van der Waals surface area (Å²) in [7, 11) is 0. The van der Waals surface area contributed by atoms with Gasteiger partial charge in [0.05, 0.1) is 5.56 Å². The quantitative estimate of drug-likeness (QED) is 0.279. The minimum Gasteiger partial charge on any atom is -0.479 e. The van der Waals surface area contributed by atoms with Crippen molar-refractivity contribution >= 4 is 5.97 Å². The summed E-state index contributed by atoms with van der Waals surface area (Å²) in [4.78, 5) is 12.7. The van der Waals surface area contributed by atoms with Crippen LogP contribution in [0.4, 0.5) is 13.2 Å². The van der Waals surface area contributed by atoms with Gasteiger partial charge >= 0.3 is 12.3 Å². The van der Waals surface area contributed by atoms with Crippen LogP contribution < -0.4 is 14.2 Å². The second kappa shape index (κ2) is 8.12. The van der Waals surface area contributed by atoms with Crippen molar-refractivity contribution in [2.24, 2.45) is 23.7 Å². The van der Waals surface area contributed by atoms with E-state index in [1.165, 1.54) is 18.6 Å². The van der Waals surface area contributed by atoms with Crippen LogP contribution in [0.5, 0.6) is 17.2 Å². The smallest absolute Gasteiger partial charge is 0.479 e. The first-order valence-electron chi connectivity index (χ1n) is 11.3. The van der Waals surface area contributed by atoms with Crippen LogP contribution in [-0.2, 0) is 0 Å². The Balaban J connectivity index is 1.48. The van der Waals surface area contributed by atoms with Crippen LogP contribution in [0.15, 0.2) is 61.2 Å². The molecule has 4 aliphatic rings. The number of hydrogen-bond donors (Lipinski definition) is 0. The van der Waals surface area contributed by atoms with Gasteiger partial charge in [-0.3, -0.25) is 0 Å². The minimum atomic E-state index is -4.89. The van der Waals surface area contributed by atoms with E-state index >= 15 is 0 Å². The maximum absolute atomic E-state index is 13.1. The van der Waals surface area contributed by atoms with E-state index in [0.717, 1.165) is 31.7 Å². The molecule has 4 bridgehead atoms. The molecule has 4 saturated carbocycles. The maximum Gasteiger partial charge on any atom is 0.573 e. The lowest BCUT2D eigenvalue weighted by atomic mass is 9.50. The molecule has 2 aromatic rings. The molecule has 2 aromatic carbocycles. The van der Waals surface area contributed by atoms with Gasteiger partial charge in [0.25, 0.3) is 0 Å². The molecule has 6 rings (SSSR count). The predicted octanol–water partition coefficient (Wildman–Crippen LogP) is 6.56. The van der Waals surface area contributed by atoms with Crippen LogP contribution in [0.2, 0.25) is 0 Å². The second-order valence-electron chi connectivity index (χ2n) is 9.38. The first-order valence-corrected chi connectivity index (χ1v) is 11.3. The first-order chi connectivity index (χ1) is 15.8. The number of benzene rings is 2. The molecule has 0 aliphatic heterocycles. The molecule has 0 unspecified atom stereocenters. The number of esters is 1. The van der Waals surface area contributed by atoms with Gasteiger partial charge in [0.2, 0.25) is 0 Å². The summed E-state index contributed by atoms with van der Waals surface area (Å²) >= 11 is 0. The molecule has 0 N–H and O–H groups in total. The summed E-state index contributed by atoms with van der Waals surface area (Å²) in [5.41, 5.74) is -0.703. The summed E-state index contributed by atoms with van der Waals surface area (Å²) in [6.07, 6.45) is 1.99. The largest absolute Gasteiger partial charge is 0.573 e. The van der Waals surface area contributed by atoms with Gasteiger partial charge in [-0.1, -0.05) is 24.8 Å². The number of hydrogen-bond acceptors (Lipinski definition) is 4. The zero-order chi connectivity index (χ0) is 23.2. The summed E-state index contributed by atoms with van der Waals surface area (Å²) in [5, 5.41) is 0. The average Bonchev–Trinajstić information content (AvgIpc) is 2.76. The summed E-state index contributed by atoms with van der Waals surface area (Å²) in [6, 6.07) is 12.1. The lowest BCUT2D eigenvalue weighted by molar-refractivity contribution is -0.275. The highest BCUT2D eigenvalue weighted by Gasteiger charge is 2.57. The predicted molar refractivity (Wildman–Crippen MR) is 115 cm³/mol. The zero-order valence-corrected chi connectivity index (χ0v) is 18.0. The van der Waals surface area contributed by atoms with E-state index in [1.807, 2.05) is 0 Å². The molecule has 0 spiro atoms. The van der Waals surface area contributed by atoms with Gasteiger partial charge in [-0.15, -0.1) is 13.2 Å². The SMILES string of the molecule is C=CC1(Oc2cc(C(=O)Oc3ccccc3)ccc2OC(F)(F)F)C2CC3CC(C2)CC1C3. The molecule has 4 fully saturated rings. The van der Waals surface area contributed by atoms with Crippen LogP contribution in [0.1, 0.15) is 42.5 Å². The van der Waals surface area contributed by atoms with E-state index < -0.39 is 23.7 Å². The summed E-state index contributed by atoms with van der Waals surface area (Å²) in [5.74, 6) is 0.696. The van der Waals surface area contributed by atoms with Gasteiger partial charge in [0.1, 0.15) is 11.4 Å². The van der Waals surface area contributed by atoms with Crippen molar-refractivity contribution in [1.82, 2.24) is 0 Å².